The zero-order chi connectivity index (χ0) is 20.1. The van der Waals surface area contributed by atoms with Crippen LogP contribution in [0.15, 0.2) is 42.5 Å². The first kappa shape index (κ1) is 19.4. The van der Waals surface area contributed by atoms with Crippen molar-refractivity contribution in [3.05, 3.63) is 53.6 Å². The van der Waals surface area contributed by atoms with Gasteiger partial charge < -0.3 is 14.8 Å². The monoisotopic (exact) mass is 382 g/mol. The molecule has 0 fully saturated rings. The van der Waals surface area contributed by atoms with Crippen molar-refractivity contribution in [2.24, 2.45) is 0 Å². The third-order valence-electron chi connectivity index (χ3n) is 4.47. The van der Waals surface area contributed by atoms with E-state index < -0.39 is 18.5 Å². The molecular formula is C21H22N2O5. The Balaban J connectivity index is 1.57. The van der Waals surface area contributed by atoms with Gasteiger partial charge in [0.15, 0.2) is 6.61 Å². The second-order valence-electron chi connectivity index (χ2n) is 6.55. The van der Waals surface area contributed by atoms with Gasteiger partial charge in [0.05, 0.1) is 18.7 Å². The first-order valence-corrected chi connectivity index (χ1v) is 8.99. The van der Waals surface area contributed by atoms with Crippen LogP contribution in [0, 0.1) is 13.8 Å². The van der Waals surface area contributed by atoms with E-state index in [2.05, 4.69) is 5.32 Å². The summed E-state index contributed by atoms with van der Waals surface area (Å²) < 4.78 is 10.6. The molecule has 0 radical (unpaired) electrons. The number of carbonyl (C=O) groups excluding carboxylic acids is 3. The number of nitrogens with one attached hydrogen (secondary N) is 1. The molecule has 0 unspecified atom stereocenters. The molecule has 0 spiro atoms. The number of aryl methyl sites for hydroxylation is 2. The Kier molecular flexibility index (Phi) is 5.93. The number of para-hydroxylation sites is 2. The lowest BCUT2D eigenvalue weighted by Gasteiger charge is -2.20. The van der Waals surface area contributed by atoms with Crippen LogP contribution in [-0.2, 0) is 19.1 Å². The molecule has 28 heavy (non-hydrogen) atoms. The average Bonchev–Trinajstić information content (AvgIpc) is 2.82. The van der Waals surface area contributed by atoms with E-state index in [1.165, 1.54) is 4.90 Å². The topological polar surface area (TPSA) is 84.9 Å². The van der Waals surface area contributed by atoms with Crippen LogP contribution in [0.2, 0.25) is 0 Å². The van der Waals surface area contributed by atoms with Crippen LogP contribution in [0.1, 0.15) is 17.5 Å². The largest absolute Gasteiger partial charge is 0.491 e. The first-order chi connectivity index (χ1) is 13.4. The van der Waals surface area contributed by atoms with Crippen LogP contribution < -0.4 is 15.0 Å². The lowest BCUT2D eigenvalue weighted by molar-refractivity contribution is -0.146. The smallest absolute Gasteiger partial charge is 0.326 e. The number of benzene rings is 2. The van der Waals surface area contributed by atoms with Crippen LogP contribution in [0.3, 0.4) is 0 Å². The predicted octanol–water partition coefficient (Wildman–Crippen LogP) is 2.60. The van der Waals surface area contributed by atoms with E-state index in [-0.39, 0.29) is 25.5 Å². The summed E-state index contributed by atoms with van der Waals surface area (Å²) in [6, 6.07) is 12.5. The number of hydrogen-bond donors (Lipinski definition) is 1. The Morgan fingerprint density at radius 1 is 1.14 bits per heavy atom. The van der Waals surface area contributed by atoms with Gasteiger partial charge in [0.1, 0.15) is 12.3 Å². The fourth-order valence-corrected chi connectivity index (χ4v) is 2.83. The van der Waals surface area contributed by atoms with Gasteiger partial charge in [-0.05, 0) is 49.2 Å². The normalized spacial score (nSPS) is 13.2. The fourth-order valence-electron chi connectivity index (χ4n) is 2.83. The van der Waals surface area contributed by atoms with Gasteiger partial charge in [-0.15, -0.1) is 0 Å². The quantitative estimate of drug-likeness (QED) is 0.804. The molecule has 0 saturated carbocycles. The summed E-state index contributed by atoms with van der Waals surface area (Å²) in [6.45, 7) is 3.47. The van der Waals surface area contributed by atoms with Crippen LogP contribution >= 0.6 is 0 Å². The first-order valence-electron chi connectivity index (χ1n) is 8.99. The highest BCUT2D eigenvalue weighted by molar-refractivity contribution is 6.00. The summed E-state index contributed by atoms with van der Waals surface area (Å²) in [5, 5.41) is 2.69. The Labute approximate surface area is 163 Å². The van der Waals surface area contributed by atoms with E-state index in [0.29, 0.717) is 17.1 Å². The number of anilines is 2. The van der Waals surface area contributed by atoms with Crippen molar-refractivity contribution in [2.75, 3.05) is 30.0 Å². The number of rotatable bonds is 5. The standard InChI is InChI=1S/C21H22N2O5/c1-14-7-8-16(11-15(14)2)22-19(24)13-28-21(26)12-23-17-5-3-4-6-18(17)27-10-9-20(23)25/h3-8,11H,9-10,12-13H2,1-2H3,(H,22,24). The zero-order valence-electron chi connectivity index (χ0n) is 15.9. The second kappa shape index (κ2) is 8.56. The van der Waals surface area contributed by atoms with Crippen molar-refractivity contribution in [3.8, 4) is 5.75 Å². The molecule has 2 amide bonds. The summed E-state index contributed by atoms with van der Waals surface area (Å²) >= 11 is 0. The molecule has 1 heterocycles. The number of esters is 1. The third kappa shape index (κ3) is 4.68. The number of nitrogens with zero attached hydrogens (tertiary/aromatic N) is 1. The van der Waals surface area contributed by atoms with E-state index in [0.717, 1.165) is 11.1 Å². The number of ether oxygens (including phenoxy) is 2. The molecule has 146 valence electrons. The van der Waals surface area contributed by atoms with E-state index in [1.54, 1.807) is 30.3 Å². The number of hydrogen-bond acceptors (Lipinski definition) is 5. The number of fused-ring (bicyclic) bond motifs is 1. The maximum absolute atomic E-state index is 12.3. The summed E-state index contributed by atoms with van der Waals surface area (Å²) in [5.41, 5.74) is 3.32. The van der Waals surface area contributed by atoms with Crippen molar-refractivity contribution in [1.82, 2.24) is 0 Å². The molecule has 3 rings (SSSR count). The predicted molar refractivity (Wildman–Crippen MR) is 104 cm³/mol. The molecule has 0 aromatic heterocycles. The molecule has 0 atom stereocenters. The minimum absolute atomic E-state index is 0.162. The molecule has 0 saturated heterocycles. The lowest BCUT2D eigenvalue weighted by Crippen LogP contribution is -2.36. The van der Waals surface area contributed by atoms with E-state index in [9.17, 15) is 14.4 Å². The SMILES string of the molecule is Cc1ccc(NC(=O)COC(=O)CN2C(=O)CCOc3ccccc32)cc1C. The van der Waals surface area contributed by atoms with Gasteiger partial charge in [0.25, 0.3) is 5.91 Å². The van der Waals surface area contributed by atoms with Crippen LogP contribution in [-0.4, -0.2) is 37.5 Å². The minimum Gasteiger partial charge on any atom is -0.491 e. The maximum atomic E-state index is 12.3. The van der Waals surface area contributed by atoms with Crippen molar-refractivity contribution in [1.29, 1.82) is 0 Å². The summed E-state index contributed by atoms with van der Waals surface area (Å²) in [6.07, 6.45) is 0.162. The second-order valence-corrected chi connectivity index (χ2v) is 6.55. The molecule has 0 aliphatic carbocycles. The molecule has 7 nitrogen and oxygen atoms in total. The molecule has 2 aromatic carbocycles. The lowest BCUT2D eigenvalue weighted by atomic mass is 10.1. The molecule has 1 aliphatic rings. The van der Waals surface area contributed by atoms with Gasteiger partial charge in [-0.2, -0.15) is 0 Å². The average molecular weight is 382 g/mol. The molecule has 0 bridgehead atoms. The highest BCUT2D eigenvalue weighted by Gasteiger charge is 2.25. The van der Waals surface area contributed by atoms with Crippen molar-refractivity contribution in [2.45, 2.75) is 20.3 Å². The Morgan fingerprint density at radius 2 is 1.93 bits per heavy atom. The molecule has 1 N–H and O–H groups in total. The molecule has 1 aliphatic heterocycles. The van der Waals surface area contributed by atoms with Gasteiger partial charge in [-0.1, -0.05) is 18.2 Å². The number of amides is 2. The Hall–Kier alpha value is -3.35. The van der Waals surface area contributed by atoms with Crippen LogP contribution in [0.5, 0.6) is 5.75 Å². The Morgan fingerprint density at radius 3 is 2.71 bits per heavy atom. The highest BCUT2D eigenvalue weighted by Crippen LogP contribution is 2.30. The zero-order valence-corrected chi connectivity index (χ0v) is 15.9. The minimum atomic E-state index is -0.666. The van der Waals surface area contributed by atoms with E-state index >= 15 is 0 Å². The Bertz CT molecular complexity index is 909. The molecular weight excluding hydrogens is 360 g/mol. The van der Waals surface area contributed by atoms with Crippen molar-refractivity contribution < 1.29 is 23.9 Å². The van der Waals surface area contributed by atoms with E-state index in [1.807, 2.05) is 26.0 Å². The maximum Gasteiger partial charge on any atom is 0.326 e. The van der Waals surface area contributed by atoms with Crippen molar-refractivity contribution >= 4 is 29.2 Å². The molecule has 2 aromatic rings. The van der Waals surface area contributed by atoms with Crippen LogP contribution in [0.4, 0.5) is 11.4 Å². The summed E-state index contributed by atoms with van der Waals surface area (Å²) in [4.78, 5) is 37.9. The van der Waals surface area contributed by atoms with Gasteiger partial charge in [0, 0.05) is 5.69 Å². The van der Waals surface area contributed by atoms with Crippen molar-refractivity contribution in [3.63, 3.8) is 0 Å². The highest BCUT2D eigenvalue weighted by atomic mass is 16.5. The number of carbonyl (C=O) groups is 3. The van der Waals surface area contributed by atoms with E-state index in [4.69, 9.17) is 9.47 Å². The third-order valence-corrected chi connectivity index (χ3v) is 4.47. The van der Waals surface area contributed by atoms with Gasteiger partial charge in [-0.25, -0.2) is 0 Å². The molecule has 7 heteroatoms. The van der Waals surface area contributed by atoms with Gasteiger partial charge >= 0.3 is 5.97 Å². The van der Waals surface area contributed by atoms with Gasteiger partial charge in [0.2, 0.25) is 5.91 Å². The summed E-state index contributed by atoms with van der Waals surface area (Å²) in [5.74, 6) is -0.807. The summed E-state index contributed by atoms with van der Waals surface area (Å²) in [7, 11) is 0. The van der Waals surface area contributed by atoms with Crippen LogP contribution in [0.25, 0.3) is 0 Å². The van der Waals surface area contributed by atoms with Gasteiger partial charge in [-0.3, -0.25) is 19.3 Å². The fraction of sp³-hybridized carbons (Fsp3) is 0.286.